The van der Waals surface area contributed by atoms with Gasteiger partial charge >= 0.3 is 0 Å². The van der Waals surface area contributed by atoms with E-state index in [1.807, 2.05) is 51.1 Å². The molecule has 2 atom stereocenters. The molecule has 1 aromatic carbocycles. The molecule has 1 saturated heterocycles. The van der Waals surface area contributed by atoms with Gasteiger partial charge in [0.05, 0.1) is 19.1 Å². The molecule has 2 amide bonds. The minimum absolute atomic E-state index is 0.0324. The van der Waals surface area contributed by atoms with Crippen LogP contribution in [-0.2, 0) is 22.6 Å². The molecule has 3 aromatic rings. The Morgan fingerprint density at radius 3 is 2.61 bits per heavy atom. The highest BCUT2D eigenvalue weighted by Crippen LogP contribution is 2.20. The lowest BCUT2D eigenvalue weighted by atomic mass is 10.0. The fraction of sp³-hybridized carbons (Fsp3) is 0.464. The number of para-hydroxylation sites is 1. The molecular formula is C28H35N3O5. The molecule has 1 aliphatic heterocycles. The van der Waals surface area contributed by atoms with Crippen LogP contribution in [-0.4, -0.2) is 47.7 Å². The number of Topliss-reactive ketones (excluding diaryl/α,β-unsaturated/α-hetero) is 1. The van der Waals surface area contributed by atoms with Crippen LogP contribution in [0.25, 0.3) is 11.0 Å². The largest absolute Gasteiger partial charge is 0.465 e. The van der Waals surface area contributed by atoms with Gasteiger partial charge < -0.3 is 19.5 Å². The van der Waals surface area contributed by atoms with Crippen molar-refractivity contribution in [2.75, 3.05) is 13.1 Å². The Balaban J connectivity index is 1.38. The molecule has 0 saturated carbocycles. The minimum Gasteiger partial charge on any atom is -0.465 e. The standard InChI is InChI=1S/C28H35N3O5/c1-4-20-11-12-21(35-20)16-31-13-7-9-22(24(32)17-31)29-27(33)23(14-18(2)3)30-28(34)26-15-19-8-5-6-10-25(19)36-26/h5-6,8,10-12,15,18,22-23H,4,7,9,13-14,16-17H2,1-3H3,(H,29,33)(H,30,34)/t22-,23?/m0/s1. The van der Waals surface area contributed by atoms with E-state index in [1.54, 1.807) is 12.1 Å². The second-order valence-corrected chi connectivity index (χ2v) is 9.91. The lowest BCUT2D eigenvalue weighted by molar-refractivity contribution is -0.129. The summed E-state index contributed by atoms with van der Waals surface area (Å²) in [4.78, 5) is 41.2. The number of carbonyl (C=O) groups is 3. The molecule has 1 aliphatic rings. The third-order valence-electron chi connectivity index (χ3n) is 6.48. The third-order valence-corrected chi connectivity index (χ3v) is 6.48. The van der Waals surface area contributed by atoms with Crippen molar-refractivity contribution in [1.29, 1.82) is 0 Å². The number of ketones is 1. The van der Waals surface area contributed by atoms with Crippen LogP contribution >= 0.6 is 0 Å². The number of rotatable bonds is 9. The van der Waals surface area contributed by atoms with E-state index in [-0.39, 0.29) is 29.9 Å². The molecule has 3 heterocycles. The number of likely N-dealkylation sites (tertiary alicyclic amines) is 1. The Kier molecular flexibility index (Phi) is 8.25. The van der Waals surface area contributed by atoms with Crippen LogP contribution in [0.5, 0.6) is 0 Å². The van der Waals surface area contributed by atoms with E-state index < -0.39 is 18.0 Å². The van der Waals surface area contributed by atoms with Crippen LogP contribution in [0.15, 0.2) is 51.3 Å². The van der Waals surface area contributed by atoms with Crippen LogP contribution in [0, 0.1) is 5.92 Å². The van der Waals surface area contributed by atoms with E-state index in [9.17, 15) is 14.4 Å². The van der Waals surface area contributed by atoms with Crippen molar-refractivity contribution in [3.63, 3.8) is 0 Å². The van der Waals surface area contributed by atoms with Gasteiger partial charge in [-0.2, -0.15) is 0 Å². The number of carbonyl (C=O) groups excluding carboxylic acids is 3. The highest BCUT2D eigenvalue weighted by molar-refractivity contribution is 5.99. The minimum atomic E-state index is -0.770. The Hall–Kier alpha value is -3.39. The van der Waals surface area contributed by atoms with Crippen LogP contribution < -0.4 is 10.6 Å². The predicted octanol–water partition coefficient (Wildman–Crippen LogP) is 4.08. The van der Waals surface area contributed by atoms with Gasteiger partial charge in [-0.05, 0) is 56.0 Å². The summed E-state index contributed by atoms with van der Waals surface area (Å²) in [6, 6.07) is 11.6. The zero-order chi connectivity index (χ0) is 25.7. The van der Waals surface area contributed by atoms with Gasteiger partial charge in [0, 0.05) is 11.8 Å². The topological polar surface area (TPSA) is 105 Å². The molecular weight excluding hydrogens is 458 g/mol. The molecule has 36 heavy (non-hydrogen) atoms. The molecule has 2 aromatic heterocycles. The number of hydrogen-bond acceptors (Lipinski definition) is 6. The first kappa shape index (κ1) is 25.7. The van der Waals surface area contributed by atoms with Gasteiger partial charge in [-0.15, -0.1) is 0 Å². The number of fused-ring (bicyclic) bond motifs is 1. The van der Waals surface area contributed by atoms with Gasteiger partial charge in [-0.3, -0.25) is 19.3 Å². The number of amides is 2. The van der Waals surface area contributed by atoms with Crippen LogP contribution in [0.1, 0.15) is 62.1 Å². The average Bonchev–Trinajstić information content (AvgIpc) is 3.45. The number of nitrogens with one attached hydrogen (secondary N) is 2. The SMILES string of the molecule is CCc1ccc(CN2CCC[C@H](NC(=O)C(CC(C)C)NC(=O)c3cc4ccccc4o3)C(=O)C2)o1. The van der Waals surface area contributed by atoms with E-state index in [0.29, 0.717) is 25.0 Å². The summed E-state index contributed by atoms with van der Waals surface area (Å²) in [5, 5.41) is 6.55. The molecule has 1 fully saturated rings. The van der Waals surface area contributed by atoms with Crippen LogP contribution in [0.3, 0.4) is 0 Å². The lowest BCUT2D eigenvalue weighted by Crippen LogP contribution is -2.52. The molecule has 0 spiro atoms. The maximum Gasteiger partial charge on any atom is 0.287 e. The van der Waals surface area contributed by atoms with Gasteiger partial charge in [0.15, 0.2) is 11.5 Å². The second-order valence-electron chi connectivity index (χ2n) is 9.91. The summed E-state index contributed by atoms with van der Waals surface area (Å²) in [6.45, 7) is 7.57. The first-order chi connectivity index (χ1) is 17.3. The Morgan fingerprint density at radius 2 is 1.89 bits per heavy atom. The highest BCUT2D eigenvalue weighted by atomic mass is 16.3. The van der Waals surface area contributed by atoms with E-state index in [4.69, 9.17) is 8.83 Å². The summed E-state index contributed by atoms with van der Waals surface area (Å²) in [6.07, 6.45) is 2.62. The normalized spacial score (nSPS) is 17.8. The molecule has 192 valence electrons. The zero-order valence-electron chi connectivity index (χ0n) is 21.2. The second kappa shape index (κ2) is 11.6. The van der Waals surface area contributed by atoms with E-state index in [1.165, 1.54) is 0 Å². The third kappa shape index (κ3) is 6.43. The first-order valence-corrected chi connectivity index (χ1v) is 12.7. The van der Waals surface area contributed by atoms with Gasteiger partial charge in [-0.1, -0.05) is 39.0 Å². The monoisotopic (exact) mass is 493 g/mol. The predicted molar refractivity (Wildman–Crippen MR) is 136 cm³/mol. The Morgan fingerprint density at radius 1 is 1.11 bits per heavy atom. The van der Waals surface area contributed by atoms with Crippen LogP contribution in [0.4, 0.5) is 0 Å². The Bertz CT molecular complexity index is 1180. The van der Waals surface area contributed by atoms with E-state index in [2.05, 4.69) is 15.5 Å². The van der Waals surface area contributed by atoms with Gasteiger partial charge in [0.1, 0.15) is 23.1 Å². The van der Waals surface area contributed by atoms with Gasteiger partial charge in [-0.25, -0.2) is 0 Å². The first-order valence-electron chi connectivity index (χ1n) is 12.7. The van der Waals surface area contributed by atoms with Crippen molar-refractivity contribution in [1.82, 2.24) is 15.5 Å². The molecule has 1 unspecified atom stereocenters. The molecule has 2 N–H and O–H groups in total. The van der Waals surface area contributed by atoms with Crippen molar-refractivity contribution in [3.05, 3.63) is 59.7 Å². The number of hydrogen-bond donors (Lipinski definition) is 2. The average molecular weight is 494 g/mol. The number of nitrogens with zero attached hydrogens (tertiary/aromatic N) is 1. The fourth-order valence-electron chi connectivity index (χ4n) is 4.59. The fourth-order valence-corrected chi connectivity index (χ4v) is 4.59. The Labute approximate surface area is 211 Å². The molecule has 0 radical (unpaired) electrons. The van der Waals surface area contributed by atoms with Crippen molar-refractivity contribution in [2.24, 2.45) is 5.92 Å². The zero-order valence-corrected chi connectivity index (χ0v) is 21.2. The quantitative estimate of drug-likeness (QED) is 0.465. The maximum atomic E-state index is 13.2. The summed E-state index contributed by atoms with van der Waals surface area (Å²) < 4.78 is 11.5. The summed E-state index contributed by atoms with van der Waals surface area (Å²) in [7, 11) is 0. The molecule has 4 rings (SSSR count). The highest BCUT2D eigenvalue weighted by Gasteiger charge is 2.30. The molecule has 0 aliphatic carbocycles. The van der Waals surface area contributed by atoms with Gasteiger partial charge in [0.2, 0.25) is 5.91 Å². The number of benzene rings is 1. The number of furan rings is 2. The van der Waals surface area contributed by atoms with Gasteiger partial charge in [0.25, 0.3) is 5.91 Å². The van der Waals surface area contributed by atoms with E-state index in [0.717, 1.165) is 36.3 Å². The molecule has 8 heteroatoms. The van der Waals surface area contributed by atoms with Crippen molar-refractivity contribution < 1.29 is 23.2 Å². The number of aryl methyl sites for hydroxylation is 1. The van der Waals surface area contributed by atoms with Crippen LogP contribution in [0.2, 0.25) is 0 Å². The maximum absolute atomic E-state index is 13.2. The van der Waals surface area contributed by atoms with Crippen molar-refractivity contribution >= 4 is 28.6 Å². The summed E-state index contributed by atoms with van der Waals surface area (Å²) in [5.41, 5.74) is 0.613. The summed E-state index contributed by atoms with van der Waals surface area (Å²) >= 11 is 0. The molecule has 0 bridgehead atoms. The lowest BCUT2D eigenvalue weighted by Gasteiger charge is -2.23. The molecule has 8 nitrogen and oxygen atoms in total. The van der Waals surface area contributed by atoms with Crippen molar-refractivity contribution in [2.45, 2.75) is 65.1 Å². The van der Waals surface area contributed by atoms with E-state index >= 15 is 0 Å². The summed E-state index contributed by atoms with van der Waals surface area (Å²) in [5.74, 6) is 1.26. The smallest absolute Gasteiger partial charge is 0.287 e. The van der Waals surface area contributed by atoms with Crippen molar-refractivity contribution in [3.8, 4) is 0 Å².